The Morgan fingerprint density at radius 2 is 2.14 bits per heavy atom. The summed E-state index contributed by atoms with van der Waals surface area (Å²) in [5.74, 6) is -0.424. The average molecular weight is 341 g/mol. The minimum Gasteiger partial charge on any atom is -0.465 e. The van der Waals surface area contributed by atoms with Gasteiger partial charge in [-0.15, -0.1) is 0 Å². The fourth-order valence-electron chi connectivity index (χ4n) is 2.05. The molecule has 120 valence electrons. The van der Waals surface area contributed by atoms with E-state index >= 15 is 0 Å². The summed E-state index contributed by atoms with van der Waals surface area (Å²) < 4.78 is 12.4. The third-order valence-corrected chi connectivity index (χ3v) is 5.23. The van der Waals surface area contributed by atoms with E-state index in [1.807, 2.05) is 16.8 Å². The summed E-state index contributed by atoms with van der Waals surface area (Å²) in [5.41, 5.74) is 1.04. The lowest BCUT2D eigenvalue weighted by Gasteiger charge is -2.15. The molecular formula is C15H21ClN2O3Si. The summed E-state index contributed by atoms with van der Waals surface area (Å²) in [6.45, 7) is 8.05. The van der Waals surface area contributed by atoms with Crippen LogP contribution in [0.25, 0.3) is 11.0 Å². The summed E-state index contributed by atoms with van der Waals surface area (Å²) in [7, 11) is 0.243. The summed E-state index contributed by atoms with van der Waals surface area (Å²) in [4.78, 5) is 16.1. The monoisotopic (exact) mass is 340 g/mol. The van der Waals surface area contributed by atoms with Crippen LogP contribution in [0, 0.1) is 0 Å². The van der Waals surface area contributed by atoms with Crippen LogP contribution in [0.4, 0.5) is 0 Å². The largest absolute Gasteiger partial charge is 0.465 e. The Labute approximate surface area is 136 Å². The first-order chi connectivity index (χ1) is 10.3. The maximum Gasteiger partial charge on any atom is 0.338 e. The molecule has 2 rings (SSSR count). The van der Waals surface area contributed by atoms with Crippen LogP contribution in [0.2, 0.25) is 30.8 Å². The van der Waals surface area contributed by atoms with E-state index in [4.69, 9.17) is 21.1 Å². The SMILES string of the molecule is COC(=O)c1cc(Cl)nc2c1ccn2COCC[Si](C)(C)C. The minimum atomic E-state index is -1.10. The summed E-state index contributed by atoms with van der Waals surface area (Å²) in [6.07, 6.45) is 1.84. The minimum absolute atomic E-state index is 0.259. The number of carbonyl (C=O) groups is 1. The lowest BCUT2D eigenvalue weighted by atomic mass is 10.2. The molecule has 2 aromatic rings. The molecular weight excluding hydrogens is 320 g/mol. The van der Waals surface area contributed by atoms with Gasteiger partial charge in [-0.2, -0.15) is 0 Å². The molecule has 0 N–H and O–H groups in total. The molecule has 0 aliphatic rings. The molecule has 0 spiro atoms. The van der Waals surface area contributed by atoms with Crippen LogP contribution in [-0.2, 0) is 16.2 Å². The maximum absolute atomic E-state index is 11.8. The molecule has 2 aromatic heterocycles. The van der Waals surface area contributed by atoms with Crippen molar-refractivity contribution in [2.45, 2.75) is 32.4 Å². The third-order valence-electron chi connectivity index (χ3n) is 3.33. The van der Waals surface area contributed by atoms with Crippen LogP contribution in [0.3, 0.4) is 0 Å². The van der Waals surface area contributed by atoms with E-state index in [9.17, 15) is 4.79 Å². The van der Waals surface area contributed by atoms with Gasteiger partial charge in [0.15, 0.2) is 0 Å². The first kappa shape index (κ1) is 17.0. The van der Waals surface area contributed by atoms with E-state index in [1.54, 1.807) is 0 Å². The van der Waals surface area contributed by atoms with Gasteiger partial charge >= 0.3 is 5.97 Å². The highest BCUT2D eigenvalue weighted by Gasteiger charge is 2.16. The first-order valence-electron chi connectivity index (χ1n) is 7.13. The predicted octanol–water partition coefficient (Wildman–Crippen LogP) is 3.79. The zero-order chi connectivity index (χ0) is 16.3. The van der Waals surface area contributed by atoms with Crippen molar-refractivity contribution < 1.29 is 14.3 Å². The number of esters is 1. The van der Waals surface area contributed by atoms with Gasteiger partial charge in [-0.25, -0.2) is 9.78 Å². The first-order valence-corrected chi connectivity index (χ1v) is 11.2. The molecule has 0 atom stereocenters. The van der Waals surface area contributed by atoms with Gasteiger partial charge in [0.2, 0.25) is 0 Å². The summed E-state index contributed by atoms with van der Waals surface area (Å²) in [5, 5.41) is 0.972. The van der Waals surface area contributed by atoms with E-state index in [-0.39, 0.29) is 5.15 Å². The molecule has 7 heteroatoms. The van der Waals surface area contributed by atoms with Gasteiger partial charge in [-0.05, 0) is 18.2 Å². The number of hydrogen-bond donors (Lipinski definition) is 0. The Morgan fingerprint density at radius 3 is 2.77 bits per heavy atom. The number of rotatable bonds is 6. The van der Waals surface area contributed by atoms with Crippen LogP contribution in [-0.4, -0.2) is 37.3 Å². The standard InChI is InChI=1S/C15H21ClN2O3Si/c1-20-15(19)12-9-13(16)17-14-11(12)5-6-18(14)10-21-7-8-22(2,3)4/h5-6,9H,7-8,10H2,1-4H3. The van der Waals surface area contributed by atoms with Crippen LogP contribution in [0.1, 0.15) is 10.4 Å². The number of carbonyl (C=O) groups excluding carboxylic acids is 1. The second kappa shape index (κ2) is 6.81. The molecule has 0 unspecified atom stereocenters. The van der Waals surface area contributed by atoms with E-state index in [1.165, 1.54) is 13.2 Å². The lowest BCUT2D eigenvalue weighted by Crippen LogP contribution is -2.22. The summed E-state index contributed by atoms with van der Waals surface area (Å²) >= 11 is 6.01. The van der Waals surface area contributed by atoms with Gasteiger partial charge in [0.25, 0.3) is 0 Å². The highest BCUT2D eigenvalue weighted by Crippen LogP contribution is 2.23. The zero-order valence-electron chi connectivity index (χ0n) is 13.4. The van der Waals surface area contributed by atoms with Gasteiger partial charge in [-0.1, -0.05) is 31.2 Å². The molecule has 0 radical (unpaired) electrons. The van der Waals surface area contributed by atoms with Gasteiger partial charge in [0, 0.05) is 26.3 Å². The van der Waals surface area contributed by atoms with Crippen molar-refractivity contribution in [2.24, 2.45) is 0 Å². The second-order valence-electron chi connectivity index (χ2n) is 6.35. The van der Waals surface area contributed by atoms with E-state index in [0.717, 1.165) is 12.7 Å². The molecule has 0 fully saturated rings. The Hall–Kier alpha value is -1.37. The Morgan fingerprint density at radius 1 is 1.41 bits per heavy atom. The lowest BCUT2D eigenvalue weighted by molar-refractivity contribution is 0.0602. The van der Waals surface area contributed by atoms with Crippen molar-refractivity contribution in [2.75, 3.05) is 13.7 Å². The number of ether oxygens (including phenoxy) is 2. The normalized spacial score (nSPS) is 11.9. The number of aromatic nitrogens is 2. The predicted molar refractivity (Wildman–Crippen MR) is 90.2 cm³/mol. The molecule has 0 amide bonds. The smallest absolute Gasteiger partial charge is 0.338 e. The van der Waals surface area contributed by atoms with Gasteiger partial charge in [0.1, 0.15) is 17.5 Å². The second-order valence-corrected chi connectivity index (χ2v) is 12.4. The molecule has 2 heterocycles. The van der Waals surface area contributed by atoms with Crippen LogP contribution in [0.5, 0.6) is 0 Å². The molecule has 5 nitrogen and oxygen atoms in total. The van der Waals surface area contributed by atoms with Gasteiger partial charge < -0.3 is 14.0 Å². The van der Waals surface area contributed by atoms with Crippen molar-refractivity contribution >= 4 is 36.7 Å². The fourth-order valence-corrected chi connectivity index (χ4v) is 3.00. The molecule has 22 heavy (non-hydrogen) atoms. The molecule has 0 saturated heterocycles. The van der Waals surface area contributed by atoms with E-state index < -0.39 is 14.0 Å². The number of hydrogen-bond acceptors (Lipinski definition) is 4. The van der Waals surface area contributed by atoms with Crippen molar-refractivity contribution in [1.29, 1.82) is 0 Å². The Kier molecular flexibility index (Phi) is 5.26. The molecule has 0 aliphatic carbocycles. The number of methoxy groups -OCH3 is 1. The molecule has 0 saturated carbocycles. The molecule has 0 aliphatic heterocycles. The van der Waals surface area contributed by atoms with Gasteiger partial charge in [-0.3, -0.25) is 0 Å². The fraction of sp³-hybridized carbons (Fsp3) is 0.467. The van der Waals surface area contributed by atoms with Crippen molar-refractivity contribution in [3.63, 3.8) is 0 Å². The maximum atomic E-state index is 11.8. The van der Waals surface area contributed by atoms with Gasteiger partial charge in [0.05, 0.1) is 12.7 Å². The molecule has 0 aromatic carbocycles. The zero-order valence-corrected chi connectivity index (χ0v) is 15.1. The summed E-state index contributed by atoms with van der Waals surface area (Å²) in [6, 6.07) is 4.45. The topological polar surface area (TPSA) is 53.3 Å². The van der Waals surface area contributed by atoms with Crippen molar-refractivity contribution in [3.05, 3.63) is 29.0 Å². The quantitative estimate of drug-likeness (QED) is 0.347. The molecule has 0 bridgehead atoms. The Balaban J connectivity index is 2.18. The van der Waals surface area contributed by atoms with Crippen LogP contribution in [0.15, 0.2) is 18.3 Å². The van der Waals surface area contributed by atoms with Crippen molar-refractivity contribution in [3.8, 4) is 0 Å². The van der Waals surface area contributed by atoms with Crippen molar-refractivity contribution in [1.82, 2.24) is 9.55 Å². The average Bonchev–Trinajstić information content (AvgIpc) is 2.84. The van der Waals surface area contributed by atoms with Crippen LogP contribution < -0.4 is 0 Å². The van der Waals surface area contributed by atoms with E-state index in [0.29, 0.717) is 23.3 Å². The van der Waals surface area contributed by atoms with E-state index in [2.05, 4.69) is 24.6 Å². The Bertz CT molecular complexity index is 679. The van der Waals surface area contributed by atoms with Crippen LogP contribution >= 0.6 is 11.6 Å². The number of nitrogens with zero attached hydrogens (tertiary/aromatic N) is 2. The number of fused-ring (bicyclic) bond motifs is 1. The number of pyridine rings is 1. The highest BCUT2D eigenvalue weighted by atomic mass is 35.5. The highest BCUT2D eigenvalue weighted by molar-refractivity contribution is 6.76. The number of halogens is 1. The third kappa shape index (κ3) is 4.09.